The SMILES string of the molecule is CC(C)CCNC1CCN(CC(F)(F)F)CC1. The fourth-order valence-corrected chi connectivity index (χ4v) is 2.12. The summed E-state index contributed by atoms with van der Waals surface area (Å²) in [6.07, 6.45) is -1.27. The highest BCUT2D eigenvalue weighted by atomic mass is 19.4. The highest BCUT2D eigenvalue weighted by Gasteiger charge is 2.32. The van der Waals surface area contributed by atoms with E-state index in [1.807, 2.05) is 0 Å². The second-order valence-corrected chi connectivity index (χ2v) is 5.30. The zero-order valence-corrected chi connectivity index (χ0v) is 10.7. The molecule has 0 unspecified atom stereocenters. The molecule has 102 valence electrons. The Morgan fingerprint density at radius 1 is 1.24 bits per heavy atom. The molecule has 0 bridgehead atoms. The van der Waals surface area contributed by atoms with Crippen molar-refractivity contribution in [2.45, 2.75) is 45.3 Å². The number of halogens is 3. The van der Waals surface area contributed by atoms with Crippen molar-refractivity contribution in [3.8, 4) is 0 Å². The Morgan fingerprint density at radius 2 is 1.82 bits per heavy atom. The molecule has 0 amide bonds. The van der Waals surface area contributed by atoms with Crippen LogP contribution in [0.5, 0.6) is 0 Å². The van der Waals surface area contributed by atoms with Crippen LogP contribution >= 0.6 is 0 Å². The lowest BCUT2D eigenvalue weighted by molar-refractivity contribution is -0.148. The molecule has 2 nitrogen and oxygen atoms in total. The van der Waals surface area contributed by atoms with E-state index in [2.05, 4.69) is 19.2 Å². The molecule has 17 heavy (non-hydrogen) atoms. The molecule has 1 saturated heterocycles. The predicted molar refractivity (Wildman–Crippen MR) is 63.0 cm³/mol. The van der Waals surface area contributed by atoms with Crippen molar-refractivity contribution in [3.05, 3.63) is 0 Å². The minimum absolute atomic E-state index is 0.401. The first-order valence-electron chi connectivity index (χ1n) is 6.39. The van der Waals surface area contributed by atoms with Gasteiger partial charge in [-0.2, -0.15) is 13.2 Å². The van der Waals surface area contributed by atoms with Crippen molar-refractivity contribution in [1.82, 2.24) is 10.2 Å². The van der Waals surface area contributed by atoms with Gasteiger partial charge >= 0.3 is 6.18 Å². The number of hydrogen-bond acceptors (Lipinski definition) is 2. The average molecular weight is 252 g/mol. The van der Waals surface area contributed by atoms with Gasteiger partial charge < -0.3 is 5.32 Å². The van der Waals surface area contributed by atoms with Crippen molar-refractivity contribution in [1.29, 1.82) is 0 Å². The number of rotatable bonds is 5. The number of likely N-dealkylation sites (tertiary alicyclic amines) is 1. The van der Waals surface area contributed by atoms with Gasteiger partial charge in [0.2, 0.25) is 0 Å². The Hall–Kier alpha value is -0.290. The summed E-state index contributed by atoms with van der Waals surface area (Å²) in [5, 5.41) is 3.43. The smallest absolute Gasteiger partial charge is 0.314 e. The minimum atomic E-state index is -4.06. The van der Waals surface area contributed by atoms with E-state index < -0.39 is 12.7 Å². The Morgan fingerprint density at radius 3 is 2.29 bits per heavy atom. The average Bonchev–Trinajstić information content (AvgIpc) is 2.18. The number of piperidine rings is 1. The Labute approximate surface area is 102 Å². The summed E-state index contributed by atoms with van der Waals surface area (Å²) in [6.45, 7) is 5.67. The molecule has 1 fully saturated rings. The molecule has 0 aromatic rings. The van der Waals surface area contributed by atoms with Crippen LogP contribution in [0.2, 0.25) is 0 Å². The monoisotopic (exact) mass is 252 g/mol. The van der Waals surface area contributed by atoms with E-state index in [0.717, 1.165) is 25.8 Å². The molecular formula is C12H23F3N2. The van der Waals surface area contributed by atoms with Crippen LogP contribution in [0.3, 0.4) is 0 Å². The predicted octanol–water partition coefficient (Wildman–Crippen LogP) is 2.65. The summed E-state index contributed by atoms with van der Waals surface area (Å²) in [5.41, 5.74) is 0. The van der Waals surface area contributed by atoms with Gasteiger partial charge in [-0.1, -0.05) is 13.8 Å². The van der Waals surface area contributed by atoms with Gasteiger partial charge in [0, 0.05) is 6.04 Å². The first-order chi connectivity index (χ1) is 7.87. The molecule has 0 spiro atoms. The fourth-order valence-electron chi connectivity index (χ4n) is 2.12. The van der Waals surface area contributed by atoms with Gasteiger partial charge in [-0.25, -0.2) is 0 Å². The molecule has 5 heteroatoms. The van der Waals surface area contributed by atoms with Crippen molar-refractivity contribution in [2.75, 3.05) is 26.2 Å². The van der Waals surface area contributed by atoms with Crippen LogP contribution in [0.1, 0.15) is 33.1 Å². The quantitative estimate of drug-likeness (QED) is 0.809. The third-order valence-electron chi connectivity index (χ3n) is 3.15. The first-order valence-corrected chi connectivity index (χ1v) is 6.39. The summed E-state index contributed by atoms with van der Waals surface area (Å²) in [7, 11) is 0. The Bertz CT molecular complexity index is 208. The van der Waals surface area contributed by atoms with Gasteiger partial charge in [0.1, 0.15) is 0 Å². The van der Waals surface area contributed by atoms with E-state index in [1.54, 1.807) is 0 Å². The molecular weight excluding hydrogens is 229 g/mol. The molecule has 0 aromatic carbocycles. The van der Waals surface area contributed by atoms with Gasteiger partial charge in [-0.05, 0) is 44.8 Å². The largest absolute Gasteiger partial charge is 0.401 e. The molecule has 1 heterocycles. The summed E-state index contributed by atoms with van der Waals surface area (Å²) >= 11 is 0. The lowest BCUT2D eigenvalue weighted by atomic mass is 10.0. The summed E-state index contributed by atoms with van der Waals surface area (Å²) in [4.78, 5) is 1.50. The fraction of sp³-hybridized carbons (Fsp3) is 1.00. The van der Waals surface area contributed by atoms with Crippen molar-refractivity contribution >= 4 is 0 Å². The zero-order chi connectivity index (χ0) is 12.9. The molecule has 0 saturated carbocycles. The summed E-state index contributed by atoms with van der Waals surface area (Å²) < 4.78 is 36.5. The van der Waals surface area contributed by atoms with Gasteiger partial charge in [0.05, 0.1) is 6.54 Å². The number of hydrogen-bond donors (Lipinski definition) is 1. The maximum Gasteiger partial charge on any atom is 0.401 e. The van der Waals surface area contributed by atoms with E-state index in [-0.39, 0.29) is 0 Å². The molecule has 0 aliphatic carbocycles. The number of alkyl halides is 3. The second-order valence-electron chi connectivity index (χ2n) is 5.30. The van der Waals surface area contributed by atoms with Crippen LogP contribution in [0.15, 0.2) is 0 Å². The van der Waals surface area contributed by atoms with Crippen LogP contribution in [0.4, 0.5) is 13.2 Å². The van der Waals surface area contributed by atoms with E-state index in [4.69, 9.17) is 0 Å². The normalized spacial score (nSPS) is 20.1. The summed E-state index contributed by atoms with van der Waals surface area (Å²) in [5.74, 6) is 0.674. The van der Waals surface area contributed by atoms with Crippen LogP contribution < -0.4 is 5.32 Å². The third-order valence-corrected chi connectivity index (χ3v) is 3.15. The molecule has 1 N–H and O–H groups in total. The van der Waals surface area contributed by atoms with Crippen LogP contribution in [-0.2, 0) is 0 Å². The lowest BCUT2D eigenvalue weighted by Crippen LogP contribution is -2.45. The van der Waals surface area contributed by atoms with E-state index >= 15 is 0 Å². The van der Waals surface area contributed by atoms with Crippen LogP contribution in [-0.4, -0.2) is 43.3 Å². The van der Waals surface area contributed by atoms with Crippen LogP contribution in [0, 0.1) is 5.92 Å². The number of nitrogens with zero attached hydrogens (tertiary/aromatic N) is 1. The molecule has 0 aromatic heterocycles. The molecule has 1 aliphatic rings. The lowest BCUT2D eigenvalue weighted by Gasteiger charge is -2.32. The molecule has 0 atom stereocenters. The van der Waals surface area contributed by atoms with Gasteiger partial charge in [-0.15, -0.1) is 0 Å². The number of nitrogens with one attached hydrogen (secondary N) is 1. The third kappa shape index (κ3) is 6.88. The highest BCUT2D eigenvalue weighted by Crippen LogP contribution is 2.19. The highest BCUT2D eigenvalue weighted by molar-refractivity contribution is 4.78. The molecule has 0 radical (unpaired) electrons. The van der Waals surface area contributed by atoms with Gasteiger partial charge in [-0.3, -0.25) is 4.90 Å². The first kappa shape index (κ1) is 14.8. The summed E-state index contributed by atoms with van der Waals surface area (Å²) in [6, 6.07) is 0.401. The van der Waals surface area contributed by atoms with E-state index in [9.17, 15) is 13.2 Å². The van der Waals surface area contributed by atoms with E-state index in [1.165, 1.54) is 4.90 Å². The molecule has 1 rings (SSSR count). The van der Waals surface area contributed by atoms with Gasteiger partial charge in [0.15, 0.2) is 0 Å². The van der Waals surface area contributed by atoms with E-state index in [0.29, 0.717) is 25.0 Å². The van der Waals surface area contributed by atoms with Crippen molar-refractivity contribution in [2.24, 2.45) is 5.92 Å². The van der Waals surface area contributed by atoms with Crippen molar-refractivity contribution in [3.63, 3.8) is 0 Å². The zero-order valence-electron chi connectivity index (χ0n) is 10.7. The van der Waals surface area contributed by atoms with Crippen molar-refractivity contribution < 1.29 is 13.2 Å². The second kappa shape index (κ2) is 6.59. The molecule has 1 aliphatic heterocycles. The van der Waals surface area contributed by atoms with Crippen LogP contribution in [0.25, 0.3) is 0 Å². The minimum Gasteiger partial charge on any atom is -0.314 e. The standard InChI is InChI=1S/C12H23F3N2/c1-10(2)3-6-16-11-4-7-17(8-5-11)9-12(13,14)15/h10-11,16H,3-9H2,1-2H3. The topological polar surface area (TPSA) is 15.3 Å². The Kier molecular flexibility index (Phi) is 5.73. The Balaban J connectivity index is 2.13. The maximum atomic E-state index is 12.2. The maximum absolute atomic E-state index is 12.2. The van der Waals surface area contributed by atoms with Gasteiger partial charge in [0.25, 0.3) is 0 Å².